The molecule has 1 atom stereocenters. The summed E-state index contributed by atoms with van der Waals surface area (Å²) in [6.45, 7) is 6.83. The molecule has 0 unspecified atom stereocenters. The largest absolute Gasteiger partial charge is 0.464 e. The Morgan fingerprint density at radius 1 is 0.630 bits per heavy atom. The van der Waals surface area contributed by atoms with Crippen LogP contribution < -0.4 is 0 Å². The van der Waals surface area contributed by atoms with E-state index in [2.05, 4.69) is 18.7 Å². The highest BCUT2D eigenvalue weighted by Gasteiger charge is 2.31. The Hall–Kier alpha value is -1.47. The van der Waals surface area contributed by atoms with Gasteiger partial charge >= 0.3 is 5.97 Å². The van der Waals surface area contributed by atoms with Crippen LogP contribution in [0, 0.1) is 0 Å². The molecule has 0 N–H and O–H groups in total. The van der Waals surface area contributed by atoms with Gasteiger partial charge in [0.15, 0.2) is 5.78 Å². The minimum absolute atomic E-state index is 0.0669. The second kappa shape index (κ2) is 30.8. The second-order valence-corrected chi connectivity index (χ2v) is 13.8. The van der Waals surface area contributed by atoms with Gasteiger partial charge in [-0.1, -0.05) is 142 Å². The van der Waals surface area contributed by atoms with E-state index in [1.165, 1.54) is 116 Å². The number of rotatable bonds is 33. The Bertz CT molecular complexity index is 746. The third-order valence-corrected chi connectivity index (χ3v) is 9.55. The number of likely N-dealkylation sites (N-methyl/N-ethyl adjacent to an activating group) is 1. The molecule has 0 aromatic rings. The van der Waals surface area contributed by atoms with Gasteiger partial charge in [0.2, 0.25) is 5.91 Å². The molecule has 0 aromatic carbocycles. The number of likely N-dealkylation sites (tertiary alicyclic amines) is 1. The summed E-state index contributed by atoms with van der Waals surface area (Å²) in [6.07, 6.45) is 30.6. The first kappa shape index (κ1) is 42.6. The topological polar surface area (TPSA) is 76.1 Å². The first-order valence-corrected chi connectivity index (χ1v) is 19.7. The third-order valence-electron chi connectivity index (χ3n) is 9.55. The Balaban J connectivity index is 2.18. The summed E-state index contributed by atoms with van der Waals surface area (Å²) in [7, 11) is 1.99. The van der Waals surface area contributed by atoms with Crippen molar-refractivity contribution < 1.29 is 23.9 Å². The highest BCUT2D eigenvalue weighted by Crippen LogP contribution is 2.18. The molecule has 46 heavy (non-hydrogen) atoms. The molecular formula is C39H74N2O5. The van der Waals surface area contributed by atoms with Gasteiger partial charge in [0.25, 0.3) is 0 Å². The number of Topliss-reactive ketones (excluding diaryl/α,β-unsaturated/α-hetero) is 1. The molecule has 270 valence electrons. The van der Waals surface area contributed by atoms with Crippen LogP contribution in [0.4, 0.5) is 0 Å². The maximum atomic E-state index is 13.3. The maximum absolute atomic E-state index is 13.3. The number of carbonyl (C=O) groups excluding carboxylic acids is 3. The zero-order chi connectivity index (χ0) is 33.5. The molecule has 1 aliphatic heterocycles. The standard InChI is InChI=1S/C39H74N2O5/c1-4-6-8-10-12-14-16-18-20-22-24-27-36(42)35-45-33-31-41(39(44)37-28-26-30-40(37)3)32-34-46-38(43)29-25-23-21-19-17-15-13-11-9-7-5-2/h37H,4-35H2,1-3H3/t37-/m1/s1. The van der Waals surface area contributed by atoms with Gasteiger partial charge in [0, 0.05) is 19.4 Å². The lowest BCUT2D eigenvalue weighted by Gasteiger charge is -2.28. The summed E-state index contributed by atoms with van der Waals surface area (Å²) < 4.78 is 11.2. The van der Waals surface area contributed by atoms with E-state index < -0.39 is 0 Å². The molecule has 0 aliphatic carbocycles. The van der Waals surface area contributed by atoms with Gasteiger partial charge in [-0.2, -0.15) is 0 Å². The molecule has 7 heteroatoms. The van der Waals surface area contributed by atoms with Crippen LogP contribution in [-0.2, 0) is 23.9 Å². The van der Waals surface area contributed by atoms with E-state index in [1.54, 1.807) is 4.90 Å². The number of esters is 1. The first-order chi connectivity index (χ1) is 22.5. The Morgan fingerprint density at radius 2 is 1.09 bits per heavy atom. The van der Waals surface area contributed by atoms with Crippen molar-refractivity contribution in [1.82, 2.24) is 9.80 Å². The summed E-state index contributed by atoms with van der Waals surface area (Å²) >= 11 is 0. The fourth-order valence-corrected chi connectivity index (χ4v) is 6.46. The van der Waals surface area contributed by atoms with Gasteiger partial charge in [-0.25, -0.2) is 0 Å². The SMILES string of the molecule is CCCCCCCCCCCCCC(=O)COCCN(CCOC(=O)CCCCCCCCCCCCC)C(=O)[C@H]1CCCN1C. The van der Waals surface area contributed by atoms with Gasteiger partial charge in [-0.05, 0) is 39.3 Å². The van der Waals surface area contributed by atoms with Crippen LogP contribution in [0.25, 0.3) is 0 Å². The number of nitrogens with zero attached hydrogens (tertiary/aromatic N) is 2. The van der Waals surface area contributed by atoms with Crippen molar-refractivity contribution in [3.8, 4) is 0 Å². The zero-order valence-electron chi connectivity index (χ0n) is 30.6. The van der Waals surface area contributed by atoms with Crippen molar-refractivity contribution in [2.24, 2.45) is 0 Å². The molecule has 0 bridgehead atoms. The highest BCUT2D eigenvalue weighted by molar-refractivity contribution is 5.82. The average molecular weight is 651 g/mol. The van der Waals surface area contributed by atoms with Crippen molar-refractivity contribution >= 4 is 17.7 Å². The summed E-state index contributed by atoms with van der Waals surface area (Å²) in [6, 6.07) is -0.130. The van der Waals surface area contributed by atoms with E-state index in [0.29, 0.717) is 32.5 Å². The molecule has 1 amide bonds. The third kappa shape index (κ3) is 23.8. The molecule has 0 radical (unpaired) electrons. The number of unbranched alkanes of at least 4 members (excludes halogenated alkanes) is 20. The molecule has 7 nitrogen and oxygen atoms in total. The van der Waals surface area contributed by atoms with Crippen LogP contribution in [0.15, 0.2) is 0 Å². The minimum Gasteiger partial charge on any atom is -0.464 e. The molecule has 0 saturated carbocycles. The lowest BCUT2D eigenvalue weighted by molar-refractivity contribution is -0.147. The fraction of sp³-hybridized carbons (Fsp3) is 0.923. The van der Waals surface area contributed by atoms with Crippen LogP contribution in [0.2, 0.25) is 0 Å². The number of ether oxygens (including phenoxy) is 2. The van der Waals surface area contributed by atoms with Gasteiger partial charge in [-0.15, -0.1) is 0 Å². The van der Waals surface area contributed by atoms with E-state index in [1.807, 2.05) is 7.05 Å². The Morgan fingerprint density at radius 3 is 1.57 bits per heavy atom. The lowest BCUT2D eigenvalue weighted by atomic mass is 10.0. The van der Waals surface area contributed by atoms with Crippen LogP contribution in [0.5, 0.6) is 0 Å². The first-order valence-electron chi connectivity index (χ1n) is 19.7. The molecule has 1 aliphatic rings. The van der Waals surface area contributed by atoms with Crippen molar-refractivity contribution in [2.45, 2.75) is 187 Å². The maximum Gasteiger partial charge on any atom is 0.305 e. The number of amides is 1. The summed E-state index contributed by atoms with van der Waals surface area (Å²) in [5.41, 5.74) is 0. The predicted molar refractivity (Wildman–Crippen MR) is 191 cm³/mol. The normalized spacial score (nSPS) is 15.0. The summed E-state index contributed by atoms with van der Waals surface area (Å²) in [4.78, 5) is 41.8. The van der Waals surface area contributed by atoms with Crippen molar-refractivity contribution in [3.63, 3.8) is 0 Å². The Labute approximate surface area is 284 Å². The van der Waals surface area contributed by atoms with Gasteiger partial charge in [-0.3, -0.25) is 19.3 Å². The van der Waals surface area contributed by atoms with Crippen molar-refractivity contribution in [3.05, 3.63) is 0 Å². The van der Waals surface area contributed by atoms with Crippen molar-refractivity contribution in [2.75, 3.05) is 46.5 Å². The lowest BCUT2D eigenvalue weighted by Crippen LogP contribution is -2.47. The quantitative estimate of drug-likeness (QED) is 0.0520. The molecule has 1 rings (SSSR count). The van der Waals surface area contributed by atoms with E-state index in [4.69, 9.17) is 9.47 Å². The van der Waals surface area contributed by atoms with Crippen LogP contribution >= 0.6 is 0 Å². The van der Waals surface area contributed by atoms with E-state index in [-0.39, 0.29) is 36.9 Å². The fourth-order valence-electron chi connectivity index (χ4n) is 6.46. The number of ketones is 1. The number of carbonyl (C=O) groups is 3. The van der Waals surface area contributed by atoms with E-state index in [9.17, 15) is 14.4 Å². The predicted octanol–water partition coefficient (Wildman–Crippen LogP) is 9.44. The average Bonchev–Trinajstić information content (AvgIpc) is 3.48. The summed E-state index contributed by atoms with van der Waals surface area (Å²) in [5.74, 6) is 0.0310. The van der Waals surface area contributed by atoms with E-state index in [0.717, 1.165) is 45.1 Å². The van der Waals surface area contributed by atoms with Gasteiger partial charge in [0.1, 0.15) is 13.2 Å². The second-order valence-electron chi connectivity index (χ2n) is 13.8. The van der Waals surface area contributed by atoms with Crippen LogP contribution in [0.1, 0.15) is 181 Å². The number of hydrogen-bond acceptors (Lipinski definition) is 6. The minimum atomic E-state index is -0.175. The molecule has 1 saturated heterocycles. The van der Waals surface area contributed by atoms with E-state index >= 15 is 0 Å². The molecule has 1 fully saturated rings. The molecule has 0 spiro atoms. The Kier molecular flexibility index (Phi) is 28.5. The van der Waals surface area contributed by atoms with Crippen LogP contribution in [0.3, 0.4) is 0 Å². The highest BCUT2D eigenvalue weighted by atomic mass is 16.5. The zero-order valence-corrected chi connectivity index (χ0v) is 30.6. The molecule has 1 heterocycles. The number of hydrogen-bond donors (Lipinski definition) is 0. The van der Waals surface area contributed by atoms with Crippen molar-refractivity contribution in [1.29, 1.82) is 0 Å². The summed E-state index contributed by atoms with van der Waals surface area (Å²) in [5, 5.41) is 0. The monoisotopic (exact) mass is 651 g/mol. The molecule has 0 aromatic heterocycles. The van der Waals surface area contributed by atoms with Crippen LogP contribution in [-0.4, -0.2) is 80.0 Å². The van der Waals surface area contributed by atoms with Gasteiger partial charge in [0.05, 0.1) is 19.2 Å². The smallest absolute Gasteiger partial charge is 0.305 e. The molecular weight excluding hydrogens is 576 g/mol. The van der Waals surface area contributed by atoms with Gasteiger partial charge < -0.3 is 14.4 Å².